The van der Waals surface area contributed by atoms with E-state index in [1.165, 1.54) is 38.9 Å². The number of nitrogens with two attached hydrogens (primary N) is 1. The highest BCUT2D eigenvalue weighted by molar-refractivity contribution is 14.0. The van der Waals surface area contributed by atoms with Gasteiger partial charge in [-0.1, -0.05) is 6.92 Å². The van der Waals surface area contributed by atoms with Crippen molar-refractivity contribution in [3.8, 4) is 0 Å². The highest BCUT2D eigenvalue weighted by atomic mass is 127. The zero-order valence-electron chi connectivity index (χ0n) is 18.2. The summed E-state index contributed by atoms with van der Waals surface area (Å²) >= 11 is 0. The molecule has 2 aliphatic heterocycles. The number of piperazine rings is 1. The van der Waals surface area contributed by atoms with Crippen LogP contribution in [0.5, 0.6) is 0 Å². The van der Waals surface area contributed by atoms with E-state index in [-0.39, 0.29) is 30.1 Å². The number of nitrogens with zero attached hydrogens (tertiary/aromatic N) is 4. The molecule has 0 aromatic carbocycles. The van der Waals surface area contributed by atoms with Crippen molar-refractivity contribution in [2.45, 2.75) is 59.0 Å². The predicted octanol–water partition coefficient (Wildman–Crippen LogP) is 2.98. The molecular formula is C20H40IN5O2. The Morgan fingerprint density at radius 2 is 1.61 bits per heavy atom. The van der Waals surface area contributed by atoms with Crippen LogP contribution in [0.1, 0.15) is 53.4 Å². The molecule has 0 spiro atoms. The van der Waals surface area contributed by atoms with E-state index in [4.69, 9.17) is 10.5 Å². The first-order valence-electron chi connectivity index (χ1n) is 10.5. The van der Waals surface area contributed by atoms with Gasteiger partial charge in [0.15, 0.2) is 5.96 Å². The van der Waals surface area contributed by atoms with E-state index in [0.717, 1.165) is 18.9 Å². The minimum absolute atomic E-state index is 0. The second kappa shape index (κ2) is 12.0. The number of halogens is 1. The predicted molar refractivity (Wildman–Crippen MR) is 125 cm³/mol. The van der Waals surface area contributed by atoms with Gasteiger partial charge in [0, 0.05) is 32.7 Å². The molecule has 2 rings (SSSR count). The van der Waals surface area contributed by atoms with E-state index in [2.05, 4.69) is 21.7 Å². The number of hydrogen-bond acceptors (Lipinski definition) is 4. The summed E-state index contributed by atoms with van der Waals surface area (Å²) in [6.07, 6.45) is 4.67. The minimum Gasteiger partial charge on any atom is -0.444 e. The molecule has 0 unspecified atom stereocenters. The zero-order chi connectivity index (χ0) is 19.9. The molecule has 0 atom stereocenters. The third-order valence-corrected chi connectivity index (χ3v) is 5.29. The average Bonchev–Trinajstić information content (AvgIpc) is 2.61. The highest BCUT2D eigenvalue weighted by Gasteiger charge is 2.26. The number of guanidine groups is 1. The minimum atomic E-state index is -0.457. The quantitative estimate of drug-likeness (QED) is 0.267. The Kier molecular flexibility index (Phi) is 10.9. The van der Waals surface area contributed by atoms with Crippen molar-refractivity contribution in [1.29, 1.82) is 0 Å². The molecule has 28 heavy (non-hydrogen) atoms. The summed E-state index contributed by atoms with van der Waals surface area (Å²) in [5.74, 6) is 1.49. The standard InChI is InChI=1S/C20H39N5O2.HI/c1-17-7-11-23(12-8-17)10-6-5-9-22-18(21)24-13-15-25(16-14-24)19(26)27-20(2,3)4;/h17H,5-16H2,1-4H3,(H2,21,22);1H. The van der Waals surface area contributed by atoms with Crippen molar-refractivity contribution in [1.82, 2.24) is 14.7 Å². The summed E-state index contributed by atoms with van der Waals surface area (Å²) in [5, 5.41) is 0. The van der Waals surface area contributed by atoms with Gasteiger partial charge in [-0.3, -0.25) is 4.99 Å². The molecule has 1 amide bonds. The topological polar surface area (TPSA) is 74.4 Å². The smallest absolute Gasteiger partial charge is 0.410 e. The lowest BCUT2D eigenvalue weighted by Crippen LogP contribution is -2.53. The van der Waals surface area contributed by atoms with Gasteiger partial charge < -0.3 is 25.2 Å². The van der Waals surface area contributed by atoms with E-state index in [0.29, 0.717) is 32.1 Å². The number of rotatable bonds is 5. The number of unbranched alkanes of at least 4 members (excludes halogenated alkanes) is 1. The van der Waals surface area contributed by atoms with Crippen LogP contribution in [0, 0.1) is 5.92 Å². The largest absolute Gasteiger partial charge is 0.444 e. The molecule has 8 heteroatoms. The number of hydrogen-bond donors (Lipinski definition) is 1. The summed E-state index contributed by atoms with van der Waals surface area (Å²) in [6.45, 7) is 15.1. The van der Waals surface area contributed by atoms with Gasteiger partial charge in [-0.2, -0.15) is 0 Å². The monoisotopic (exact) mass is 509 g/mol. The van der Waals surface area contributed by atoms with Crippen molar-refractivity contribution in [2.24, 2.45) is 16.6 Å². The van der Waals surface area contributed by atoms with Gasteiger partial charge in [0.1, 0.15) is 5.60 Å². The number of carbonyl (C=O) groups excluding carboxylic acids is 1. The van der Waals surface area contributed by atoms with Crippen molar-refractivity contribution in [2.75, 3.05) is 52.4 Å². The third-order valence-electron chi connectivity index (χ3n) is 5.29. The summed E-state index contributed by atoms with van der Waals surface area (Å²) in [7, 11) is 0. The lowest BCUT2D eigenvalue weighted by atomic mass is 9.99. The molecular weight excluding hydrogens is 469 g/mol. The van der Waals surface area contributed by atoms with Crippen LogP contribution in [0.15, 0.2) is 4.99 Å². The molecule has 0 aromatic rings. The molecule has 2 aliphatic rings. The van der Waals surface area contributed by atoms with Gasteiger partial charge in [-0.05, 0) is 72.0 Å². The summed E-state index contributed by atoms with van der Waals surface area (Å²) in [5.41, 5.74) is 5.69. The van der Waals surface area contributed by atoms with Crippen LogP contribution in [0.4, 0.5) is 4.79 Å². The Balaban J connectivity index is 0.00000392. The number of ether oxygens (including phenoxy) is 1. The highest BCUT2D eigenvalue weighted by Crippen LogP contribution is 2.16. The van der Waals surface area contributed by atoms with Gasteiger partial charge in [-0.15, -0.1) is 24.0 Å². The molecule has 0 aromatic heterocycles. The first kappa shape index (κ1) is 25.3. The fourth-order valence-corrected chi connectivity index (χ4v) is 3.47. The number of aliphatic imine (C=N–C) groups is 1. The van der Waals surface area contributed by atoms with E-state index in [9.17, 15) is 4.79 Å². The van der Waals surface area contributed by atoms with Crippen LogP contribution in [0.3, 0.4) is 0 Å². The molecule has 2 heterocycles. The van der Waals surface area contributed by atoms with Crippen molar-refractivity contribution < 1.29 is 9.53 Å². The molecule has 7 nitrogen and oxygen atoms in total. The van der Waals surface area contributed by atoms with Gasteiger partial charge >= 0.3 is 6.09 Å². The normalized spacial score (nSPS) is 20.1. The fraction of sp³-hybridized carbons (Fsp3) is 0.900. The summed E-state index contributed by atoms with van der Waals surface area (Å²) in [4.78, 5) is 23.0. The van der Waals surface area contributed by atoms with E-state index >= 15 is 0 Å². The van der Waals surface area contributed by atoms with Gasteiger partial charge in [0.2, 0.25) is 0 Å². The molecule has 0 saturated carbocycles. The first-order valence-corrected chi connectivity index (χ1v) is 10.5. The van der Waals surface area contributed by atoms with Crippen LogP contribution < -0.4 is 5.73 Å². The second-order valence-corrected chi connectivity index (χ2v) is 8.93. The first-order chi connectivity index (χ1) is 12.7. The Morgan fingerprint density at radius 3 is 2.18 bits per heavy atom. The Hall–Kier alpha value is -0.770. The summed E-state index contributed by atoms with van der Waals surface area (Å²) in [6, 6.07) is 0. The fourth-order valence-electron chi connectivity index (χ4n) is 3.47. The number of amides is 1. The molecule has 2 saturated heterocycles. The van der Waals surface area contributed by atoms with E-state index in [1.54, 1.807) is 4.90 Å². The maximum absolute atomic E-state index is 12.1. The van der Waals surface area contributed by atoms with Crippen molar-refractivity contribution in [3.05, 3.63) is 0 Å². The number of likely N-dealkylation sites (tertiary alicyclic amines) is 1. The lowest BCUT2D eigenvalue weighted by Gasteiger charge is -2.36. The van der Waals surface area contributed by atoms with Crippen LogP contribution in [0.2, 0.25) is 0 Å². The van der Waals surface area contributed by atoms with E-state index < -0.39 is 5.60 Å². The van der Waals surface area contributed by atoms with Crippen LogP contribution in [-0.2, 0) is 4.74 Å². The Labute approximate surface area is 188 Å². The van der Waals surface area contributed by atoms with Gasteiger partial charge in [0.05, 0.1) is 0 Å². The van der Waals surface area contributed by atoms with Crippen LogP contribution in [-0.4, -0.2) is 84.7 Å². The lowest BCUT2D eigenvalue weighted by molar-refractivity contribution is 0.0186. The van der Waals surface area contributed by atoms with Gasteiger partial charge in [0.25, 0.3) is 0 Å². The molecule has 0 aliphatic carbocycles. The maximum atomic E-state index is 12.1. The molecule has 164 valence electrons. The van der Waals surface area contributed by atoms with Crippen LogP contribution >= 0.6 is 24.0 Å². The Morgan fingerprint density at radius 1 is 1.04 bits per heavy atom. The molecule has 2 N–H and O–H groups in total. The Bertz CT molecular complexity index is 493. The summed E-state index contributed by atoms with van der Waals surface area (Å²) < 4.78 is 5.42. The van der Waals surface area contributed by atoms with Gasteiger partial charge in [-0.25, -0.2) is 4.79 Å². The maximum Gasteiger partial charge on any atom is 0.410 e. The van der Waals surface area contributed by atoms with Crippen molar-refractivity contribution in [3.63, 3.8) is 0 Å². The molecule has 0 radical (unpaired) electrons. The molecule has 0 bridgehead atoms. The third kappa shape index (κ3) is 9.15. The molecule has 2 fully saturated rings. The SMILES string of the molecule is CC1CCN(CCCCN=C(N)N2CCN(C(=O)OC(C)(C)C)CC2)CC1.I. The van der Waals surface area contributed by atoms with Crippen LogP contribution in [0.25, 0.3) is 0 Å². The number of carbonyl (C=O) groups is 1. The second-order valence-electron chi connectivity index (χ2n) is 8.93. The number of piperidine rings is 1. The average molecular weight is 509 g/mol. The van der Waals surface area contributed by atoms with E-state index in [1.807, 2.05) is 20.8 Å². The van der Waals surface area contributed by atoms with Crippen molar-refractivity contribution >= 4 is 36.0 Å². The zero-order valence-corrected chi connectivity index (χ0v) is 20.5.